The van der Waals surface area contributed by atoms with E-state index in [0.717, 1.165) is 44.9 Å². The van der Waals surface area contributed by atoms with Crippen molar-refractivity contribution in [3.63, 3.8) is 0 Å². The highest BCUT2D eigenvalue weighted by atomic mass is 31.2. The van der Waals surface area contributed by atoms with Crippen LogP contribution in [0.3, 0.4) is 0 Å². The molecule has 0 bridgehead atoms. The lowest BCUT2D eigenvalue weighted by Gasteiger charge is -2.29. The van der Waals surface area contributed by atoms with E-state index in [2.05, 4.69) is 43.5 Å². The van der Waals surface area contributed by atoms with Gasteiger partial charge in [-0.1, -0.05) is 378 Å². The molecule has 0 aliphatic carbocycles. The molecule has 0 spiro atoms. The maximum atomic E-state index is 13.0. The largest absolute Gasteiger partial charge is 0.756 e. The number of aliphatic hydroxyl groups is 1. The van der Waals surface area contributed by atoms with Crippen molar-refractivity contribution in [3.05, 3.63) is 36.5 Å². The van der Waals surface area contributed by atoms with Crippen molar-refractivity contribution in [2.45, 2.75) is 405 Å². The van der Waals surface area contributed by atoms with Crippen LogP contribution in [0.25, 0.3) is 0 Å². The van der Waals surface area contributed by atoms with E-state index >= 15 is 0 Å². The minimum Gasteiger partial charge on any atom is -0.756 e. The predicted molar refractivity (Wildman–Crippen MR) is 372 cm³/mol. The van der Waals surface area contributed by atoms with Gasteiger partial charge in [0.05, 0.1) is 39.9 Å². The topological polar surface area (TPSA) is 108 Å². The number of likely N-dealkylation sites (N-methyl/N-ethyl adjacent to an activating group) is 1. The Bertz CT molecular complexity index is 1480. The molecule has 8 nitrogen and oxygen atoms in total. The highest BCUT2D eigenvalue weighted by Gasteiger charge is 2.23. The number of nitrogens with one attached hydrogen (secondary N) is 1. The number of unbranched alkanes of at least 4 members (excludes halogenated alkanes) is 54. The molecule has 3 unspecified atom stereocenters. The Labute approximate surface area is 531 Å². The number of quaternary nitrogens is 1. The summed E-state index contributed by atoms with van der Waals surface area (Å²) in [4.78, 5) is 25.7. The molecule has 0 rings (SSSR count). The number of hydrogen-bond donors (Lipinski definition) is 2. The van der Waals surface area contributed by atoms with Gasteiger partial charge in [-0.05, 0) is 44.9 Å². The van der Waals surface area contributed by atoms with Crippen LogP contribution < -0.4 is 10.2 Å². The van der Waals surface area contributed by atoms with Crippen LogP contribution >= 0.6 is 7.82 Å². The van der Waals surface area contributed by atoms with Gasteiger partial charge in [-0.25, -0.2) is 0 Å². The third-order valence-electron chi connectivity index (χ3n) is 17.6. The summed E-state index contributed by atoms with van der Waals surface area (Å²) in [5.74, 6) is -0.203. The van der Waals surface area contributed by atoms with Gasteiger partial charge in [0.25, 0.3) is 7.82 Å². The number of aliphatic hydroxyl groups excluding tert-OH is 1. The van der Waals surface area contributed by atoms with E-state index in [-0.39, 0.29) is 12.5 Å². The Kier molecular flexibility index (Phi) is 66.1. The first kappa shape index (κ1) is 83.7. The van der Waals surface area contributed by atoms with Gasteiger partial charge in [0.2, 0.25) is 5.91 Å². The number of amides is 1. The van der Waals surface area contributed by atoms with E-state index in [0.29, 0.717) is 17.4 Å². The van der Waals surface area contributed by atoms with Gasteiger partial charge in [0.1, 0.15) is 13.2 Å². The number of hydrogen-bond acceptors (Lipinski definition) is 6. The van der Waals surface area contributed by atoms with E-state index in [1.54, 1.807) is 6.08 Å². The van der Waals surface area contributed by atoms with E-state index in [4.69, 9.17) is 9.05 Å². The number of nitrogens with zero attached hydrogens (tertiary/aromatic N) is 1. The summed E-state index contributed by atoms with van der Waals surface area (Å²) in [7, 11) is 1.25. The molecule has 0 fully saturated rings. The number of allylic oxidation sites excluding steroid dienone is 5. The Morgan fingerprint density at radius 2 is 0.659 bits per heavy atom. The minimum atomic E-state index is -4.62. The van der Waals surface area contributed by atoms with Crippen molar-refractivity contribution in [3.8, 4) is 0 Å². The Hall–Kier alpha value is -1.28. The summed E-state index contributed by atoms with van der Waals surface area (Å²) in [6, 6.07) is -0.910. The Morgan fingerprint density at radius 3 is 0.953 bits per heavy atom. The first-order valence-corrected chi connectivity index (χ1v) is 39.3. The fourth-order valence-corrected chi connectivity index (χ4v) is 12.4. The molecule has 504 valence electrons. The molecular formula is C76H149N2O6P. The highest BCUT2D eigenvalue weighted by molar-refractivity contribution is 7.45. The second-order valence-electron chi connectivity index (χ2n) is 27.4. The number of rotatable bonds is 71. The van der Waals surface area contributed by atoms with Crippen LogP contribution in [0, 0.1) is 0 Å². The molecule has 0 radical (unpaired) electrons. The van der Waals surface area contributed by atoms with Crippen LogP contribution in [0.15, 0.2) is 36.5 Å². The van der Waals surface area contributed by atoms with Crippen LogP contribution in [0.1, 0.15) is 393 Å². The molecule has 0 saturated carbocycles. The Morgan fingerprint density at radius 1 is 0.400 bits per heavy atom. The van der Waals surface area contributed by atoms with E-state index in [1.807, 2.05) is 27.2 Å². The Balaban J connectivity index is 4.05. The van der Waals surface area contributed by atoms with Crippen molar-refractivity contribution in [1.82, 2.24) is 5.32 Å². The van der Waals surface area contributed by atoms with Crippen molar-refractivity contribution < 1.29 is 32.9 Å². The van der Waals surface area contributed by atoms with Crippen LogP contribution in [0.4, 0.5) is 0 Å². The third-order valence-corrected chi connectivity index (χ3v) is 18.5. The van der Waals surface area contributed by atoms with E-state index in [9.17, 15) is 19.4 Å². The molecule has 3 atom stereocenters. The fourth-order valence-electron chi connectivity index (χ4n) is 11.7. The summed E-state index contributed by atoms with van der Waals surface area (Å²) in [6.45, 7) is 4.69. The standard InChI is InChI=1S/C76H149N2O6P/c1-6-8-10-12-14-16-18-20-22-24-26-28-30-32-34-36-38-40-41-43-45-47-49-51-53-55-57-59-61-63-65-67-69-75(79)74(73-84-85(81,82)83-72-71-78(3,4)5)77-76(80)70-68-66-64-62-60-58-56-54-52-50-48-46-44-42-39-37-35-33-31-29-27-25-23-21-19-17-15-13-11-9-7-2/h51,53,59,61,67,69,74-75,79H,6-50,52,54-58,60,62-66,68,70-73H2,1-5H3,(H-,77,80,81,82)/b53-51+,61-59+,69-67+. The predicted octanol–water partition coefficient (Wildman–Crippen LogP) is 23.8. The molecule has 0 aliphatic rings. The normalized spacial score (nSPS) is 13.7. The quantitative estimate of drug-likeness (QED) is 0.0272. The lowest BCUT2D eigenvalue weighted by Crippen LogP contribution is -2.45. The monoisotopic (exact) mass is 1220 g/mol. The third kappa shape index (κ3) is 70.0. The zero-order chi connectivity index (χ0) is 61.9. The lowest BCUT2D eigenvalue weighted by atomic mass is 10.0. The number of carbonyl (C=O) groups excluding carboxylic acids is 1. The summed E-state index contributed by atoms with van der Waals surface area (Å²) < 4.78 is 23.5. The zero-order valence-electron chi connectivity index (χ0n) is 57.8. The highest BCUT2D eigenvalue weighted by Crippen LogP contribution is 2.38. The van der Waals surface area contributed by atoms with Gasteiger partial charge in [0.15, 0.2) is 0 Å². The molecule has 0 aromatic heterocycles. The summed E-state index contributed by atoms with van der Waals surface area (Å²) >= 11 is 0. The van der Waals surface area contributed by atoms with E-state index in [1.165, 1.54) is 327 Å². The molecule has 0 aromatic carbocycles. The molecule has 0 saturated heterocycles. The van der Waals surface area contributed by atoms with Crippen molar-refractivity contribution in [2.24, 2.45) is 0 Å². The van der Waals surface area contributed by atoms with Crippen LogP contribution in [0.2, 0.25) is 0 Å². The van der Waals surface area contributed by atoms with Crippen molar-refractivity contribution >= 4 is 13.7 Å². The first-order chi connectivity index (χ1) is 41.5. The molecule has 85 heavy (non-hydrogen) atoms. The second kappa shape index (κ2) is 67.1. The lowest BCUT2D eigenvalue weighted by molar-refractivity contribution is -0.870. The minimum absolute atomic E-state index is 0.00698. The second-order valence-corrected chi connectivity index (χ2v) is 28.8. The molecule has 0 aliphatic heterocycles. The van der Waals surface area contributed by atoms with Gasteiger partial charge in [0, 0.05) is 6.42 Å². The fraction of sp³-hybridized carbons (Fsp3) is 0.908. The molecular weight excluding hydrogens is 1070 g/mol. The molecule has 0 aromatic rings. The SMILES string of the molecule is CCCCCCCCCCCCCCCCCCCCCCCC/C=C/CC/C=C/CC/C=C/C(O)C(COP(=O)([O-])OCC[N+](C)(C)C)NC(=O)CCCCCCCCCCCCCCCCCCCCCCCCCCCCCCCCC. The van der Waals surface area contributed by atoms with Crippen molar-refractivity contribution in [2.75, 3.05) is 40.9 Å². The van der Waals surface area contributed by atoms with Gasteiger partial charge in [-0.2, -0.15) is 0 Å². The summed E-state index contributed by atoms with van der Waals surface area (Å²) in [6.07, 6.45) is 90.2. The van der Waals surface area contributed by atoms with E-state index < -0.39 is 26.6 Å². The molecule has 9 heteroatoms. The maximum Gasteiger partial charge on any atom is 0.268 e. The smallest absolute Gasteiger partial charge is 0.268 e. The van der Waals surface area contributed by atoms with Gasteiger partial charge in [-0.3, -0.25) is 9.36 Å². The summed E-state index contributed by atoms with van der Waals surface area (Å²) in [5, 5.41) is 14.0. The number of phosphoric acid groups is 1. The summed E-state index contributed by atoms with van der Waals surface area (Å²) in [5.41, 5.74) is 0. The van der Waals surface area contributed by atoms with Crippen molar-refractivity contribution in [1.29, 1.82) is 0 Å². The first-order valence-electron chi connectivity index (χ1n) is 37.9. The number of phosphoric ester groups is 1. The molecule has 1 amide bonds. The number of carbonyl (C=O) groups is 1. The van der Waals surface area contributed by atoms with Crippen LogP contribution in [0.5, 0.6) is 0 Å². The van der Waals surface area contributed by atoms with Gasteiger partial charge >= 0.3 is 0 Å². The average molecular weight is 1220 g/mol. The van der Waals surface area contributed by atoms with Crippen LogP contribution in [-0.2, 0) is 18.4 Å². The van der Waals surface area contributed by atoms with Gasteiger partial charge in [-0.15, -0.1) is 0 Å². The molecule has 0 heterocycles. The molecule has 2 N–H and O–H groups in total. The maximum absolute atomic E-state index is 13.0. The average Bonchev–Trinajstić information content (AvgIpc) is 3.49. The van der Waals surface area contributed by atoms with Crippen LogP contribution in [-0.4, -0.2) is 68.5 Å². The zero-order valence-corrected chi connectivity index (χ0v) is 58.7. The van der Waals surface area contributed by atoms with Gasteiger partial charge < -0.3 is 28.8 Å².